The van der Waals surface area contributed by atoms with E-state index in [1.54, 1.807) is 23.8 Å². The third-order valence-corrected chi connectivity index (χ3v) is 10.4. The van der Waals surface area contributed by atoms with Crippen LogP contribution in [-0.4, -0.2) is 94.7 Å². The zero-order chi connectivity index (χ0) is 34.2. The maximum Gasteiger partial charge on any atom is 0.249 e. The minimum atomic E-state index is -0.716. The molecule has 1 unspecified atom stereocenters. The van der Waals surface area contributed by atoms with Gasteiger partial charge in [0.2, 0.25) is 23.6 Å². The van der Waals surface area contributed by atoms with E-state index in [-0.39, 0.29) is 53.7 Å². The molecule has 0 bridgehead atoms. The summed E-state index contributed by atoms with van der Waals surface area (Å²) in [6, 6.07) is -1.33. The van der Waals surface area contributed by atoms with Crippen molar-refractivity contribution >= 4 is 23.6 Å². The van der Waals surface area contributed by atoms with Gasteiger partial charge >= 0.3 is 0 Å². The molecule has 9 nitrogen and oxygen atoms in total. The summed E-state index contributed by atoms with van der Waals surface area (Å²) in [7, 11) is 1.77. The molecular weight excluding hydrogens is 578 g/mol. The molecule has 4 atom stereocenters. The minimum absolute atomic E-state index is 0.0276. The van der Waals surface area contributed by atoms with Crippen LogP contribution >= 0.6 is 0 Å². The van der Waals surface area contributed by atoms with E-state index < -0.39 is 17.5 Å². The summed E-state index contributed by atoms with van der Waals surface area (Å²) in [4.78, 5) is 60.7. The average Bonchev–Trinajstić information content (AvgIpc) is 3.48. The van der Waals surface area contributed by atoms with Crippen LogP contribution in [0.1, 0.15) is 132 Å². The molecule has 2 heterocycles. The molecular formula is C37H65N5O4. The molecule has 2 aliphatic heterocycles. The summed E-state index contributed by atoms with van der Waals surface area (Å²) < 4.78 is 0. The predicted molar refractivity (Wildman–Crippen MR) is 185 cm³/mol. The average molecular weight is 644 g/mol. The molecule has 4 amide bonds. The van der Waals surface area contributed by atoms with E-state index in [1.807, 2.05) is 40.7 Å². The predicted octanol–water partition coefficient (Wildman–Crippen LogP) is 5.43. The summed E-state index contributed by atoms with van der Waals surface area (Å²) >= 11 is 0. The lowest BCUT2D eigenvalue weighted by Gasteiger charge is -2.41. The summed E-state index contributed by atoms with van der Waals surface area (Å²) in [6.07, 6.45) is 14.2. The van der Waals surface area contributed by atoms with Crippen LogP contribution in [0.5, 0.6) is 0 Å². The first-order chi connectivity index (χ1) is 21.6. The number of piperidine rings is 1. The van der Waals surface area contributed by atoms with Gasteiger partial charge in [-0.2, -0.15) is 0 Å². The smallest absolute Gasteiger partial charge is 0.249 e. The molecule has 0 radical (unpaired) electrons. The monoisotopic (exact) mass is 644 g/mol. The number of hydrogen-bond acceptors (Lipinski definition) is 5. The molecule has 2 saturated heterocycles. The summed E-state index contributed by atoms with van der Waals surface area (Å²) in [5.41, 5.74) is 0.0243. The third-order valence-electron chi connectivity index (χ3n) is 10.4. The molecule has 3 rings (SSSR count). The van der Waals surface area contributed by atoms with E-state index in [4.69, 9.17) is 0 Å². The summed E-state index contributed by atoms with van der Waals surface area (Å²) in [5, 5.41) is 6.43. The maximum absolute atomic E-state index is 14.2. The fourth-order valence-electron chi connectivity index (χ4n) is 7.58. The molecule has 0 aromatic heterocycles. The molecule has 46 heavy (non-hydrogen) atoms. The van der Waals surface area contributed by atoms with Crippen LogP contribution in [0.3, 0.4) is 0 Å². The van der Waals surface area contributed by atoms with Gasteiger partial charge in [0.25, 0.3) is 0 Å². The van der Waals surface area contributed by atoms with Gasteiger partial charge in [0, 0.05) is 31.2 Å². The molecule has 0 spiro atoms. The second-order valence-electron chi connectivity index (χ2n) is 15.9. The number of carbonyl (C=O) groups is 4. The zero-order valence-corrected chi connectivity index (χ0v) is 30.5. The molecule has 2 N–H and O–H groups in total. The van der Waals surface area contributed by atoms with Crippen LogP contribution in [0.25, 0.3) is 0 Å². The maximum atomic E-state index is 14.2. The Labute approximate surface area is 279 Å². The van der Waals surface area contributed by atoms with E-state index in [0.29, 0.717) is 18.5 Å². The Kier molecular flexibility index (Phi) is 14.2. The number of carbonyl (C=O) groups excluding carboxylic acids is 4. The van der Waals surface area contributed by atoms with E-state index >= 15 is 0 Å². The highest BCUT2D eigenvalue weighted by atomic mass is 16.2. The highest BCUT2D eigenvalue weighted by Crippen LogP contribution is 2.27. The van der Waals surface area contributed by atoms with Crippen molar-refractivity contribution in [1.29, 1.82) is 0 Å². The lowest BCUT2D eigenvalue weighted by molar-refractivity contribution is -0.142. The lowest BCUT2D eigenvalue weighted by Crippen LogP contribution is -2.60. The highest BCUT2D eigenvalue weighted by Gasteiger charge is 2.40. The number of likely N-dealkylation sites (N-methyl/N-ethyl adjacent to an activating group) is 1. The number of likely N-dealkylation sites (tertiary alicyclic amines) is 2. The number of nitrogens with one attached hydrogen (secondary N) is 2. The number of nitrogens with zero attached hydrogens (tertiary/aromatic N) is 3. The lowest BCUT2D eigenvalue weighted by atomic mass is 9.84. The minimum Gasteiger partial charge on any atom is -0.352 e. The zero-order valence-electron chi connectivity index (χ0n) is 30.5. The second-order valence-corrected chi connectivity index (χ2v) is 15.9. The third kappa shape index (κ3) is 10.0. The molecule has 1 saturated carbocycles. The number of hydrogen-bond donors (Lipinski definition) is 2. The van der Waals surface area contributed by atoms with Crippen molar-refractivity contribution in [2.75, 3.05) is 20.1 Å². The van der Waals surface area contributed by atoms with Crippen LogP contribution in [0.4, 0.5) is 0 Å². The van der Waals surface area contributed by atoms with E-state index in [9.17, 15) is 19.2 Å². The van der Waals surface area contributed by atoms with Gasteiger partial charge in [-0.25, -0.2) is 0 Å². The number of rotatable bonds is 10. The first-order valence-corrected chi connectivity index (χ1v) is 18.3. The standard InChI is InChI=1S/C37H65N5O4/c1-25(2)31(40(9)36(46)32(37(6,7)8)39-34(44)29-20-15-16-22-41(29)26(3)4)24-27(5)35(45)42-23-17-21-30(42)33(43)38-28-18-13-11-10-12-14-19-28/h24-26,28-32H,10-23H2,1-9H3,(H,38,43)(H,39,44)/t29?,30-,31+,32+/m0/s1. The van der Waals surface area contributed by atoms with Gasteiger partial charge in [-0.05, 0) is 77.2 Å². The van der Waals surface area contributed by atoms with Gasteiger partial charge in [-0.1, -0.05) is 79.2 Å². The van der Waals surface area contributed by atoms with Gasteiger partial charge in [-0.3, -0.25) is 24.1 Å². The van der Waals surface area contributed by atoms with E-state index in [1.165, 1.54) is 19.3 Å². The van der Waals surface area contributed by atoms with Crippen molar-refractivity contribution in [2.45, 2.75) is 169 Å². The first-order valence-electron chi connectivity index (χ1n) is 18.3. The Morgan fingerprint density at radius 1 is 0.783 bits per heavy atom. The van der Waals surface area contributed by atoms with E-state index in [0.717, 1.165) is 57.9 Å². The Balaban J connectivity index is 1.74. The van der Waals surface area contributed by atoms with Gasteiger partial charge < -0.3 is 20.4 Å². The first kappa shape index (κ1) is 38.0. The molecule has 3 fully saturated rings. The van der Waals surface area contributed by atoms with Crippen LogP contribution in [-0.2, 0) is 19.2 Å². The number of amides is 4. The Hall–Kier alpha value is -2.42. The molecule has 3 aliphatic rings. The van der Waals surface area contributed by atoms with Crippen LogP contribution in [0, 0.1) is 11.3 Å². The van der Waals surface area contributed by atoms with Crippen molar-refractivity contribution in [3.63, 3.8) is 0 Å². The normalized spacial score (nSPS) is 23.9. The molecule has 0 aromatic carbocycles. The Bertz CT molecular complexity index is 1070. The quantitative estimate of drug-likeness (QED) is 0.309. The van der Waals surface area contributed by atoms with Crippen molar-refractivity contribution in [3.05, 3.63) is 11.6 Å². The van der Waals surface area contributed by atoms with Gasteiger partial charge in [-0.15, -0.1) is 0 Å². The second kappa shape index (κ2) is 17.1. The van der Waals surface area contributed by atoms with Crippen molar-refractivity contribution < 1.29 is 19.2 Å². The van der Waals surface area contributed by atoms with E-state index in [2.05, 4.69) is 29.4 Å². The fraction of sp³-hybridized carbons (Fsp3) is 0.838. The van der Waals surface area contributed by atoms with Crippen molar-refractivity contribution in [1.82, 2.24) is 25.3 Å². The SMILES string of the molecule is CC(=C[C@H](C(C)C)N(C)C(=O)[C@@H](NC(=O)C1CCCCN1C(C)C)C(C)(C)C)C(=O)N1CCC[C@H]1C(=O)NC1CCCCCCC1. The largest absolute Gasteiger partial charge is 0.352 e. The van der Waals surface area contributed by atoms with Crippen LogP contribution < -0.4 is 10.6 Å². The molecule has 0 aromatic rings. The highest BCUT2D eigenvalue weighted by molar-refractivity contribution is 5.97. The van der Waals surface area contributed by atoms with Crippen molar-refractivity contribution in [3.8, 4) is 0 Å². The fourth-order valence-corrected chi connectivity index (χ4v) is 7.58. The van der Waals surface area contributed by atoms with Gasteiger partial charge in [0.05, 0.1) is 12.1 Å². The van der Waals surface area contributed by atoms with Gasteiger partial charge in [0.1, 0.15) is 12.1 Å². The van der Waals surface area contributed by atoms with Crippen molar-refractivity contribution in [2.24, 2.45) is 11.3 Å². The molecule has 262 valence electrons. The van der Waals surface area contributed by atoms with Crippen LogP contribution in [0.2, 0.25) is 0 Å². The van der Waals surface area contributed by atoms with Gasteiger partial charge in [0.15, 0.2) is 0 Å². The Morgan fingerprint density at radius 3 is 1.96 bits per heavy atom. The topological polar surface area (TPSA) is 102 Å². The van der Waals surface area contributed by atoms with Crippen LogP contribution in [0.15, 0.2) is 11.6 Å². The summed E-state index contributed by atoms with van der Waals surface area (Å²) in [6.45, 7) is 17.5. The molecule has 1 aliphatic carbocycles. The summed E-state index contributed by atoms with van der Waals surface area (Å²) in [5.74, 6) is -0.403. The molecule has 9 heteroatoms. The Morgan fingerprint density at radius 2 is 1.37 bits per heavy atom.